The van der Waals surface area contributed by atoms with Crippen molar-refractivity contribution in [3.05, 3.63) is 139 Å². The Labute approximate surface area is 242 Å². The fourth-order valence-corrected chi connectivity index (χ4v) is 6.64. The SMILES string of the molecule is c1ccc(-c2nc3ccccc3nc2-c2cccc3c2-n2c(nc(-c4ccccc4)c2-c2ccccc2)SC3)cc1. The number of benzene rings is 5. The molecule has 0 saturated carbocycles. The van der Waals surface area contributed by atoms with Gasteiger partial charge in [-0.15, -0.1) is 0 Å². The molecule has 0 fully saturated rings. The molecule has 1 aliphatic heterocycles. The number of imidazole rings is 1. The third kappa shape index (κ3) is 4.05. The van der Waals surface area contributed by atoms with Crippen LogP contribution in [0.4, 0.5) is 0 Å². The highest BCUT2D eigenvalue weighted by atomic mass is 32.2. The summed E-state index contributed by atoms with van der Waals surface area (Å²) in [5, 5.41) is 0.984. The molecule has 0 saturated heterocycles. The molecule has 41 heavy (non-hydrogen) atoms. The van der Waals surface area contributed by atoms with E-state index in [2.05, 4.69) is 102 Å². The number of thioether (sulfide) groups is 1. The van der Waals surface area contributed by atoms with Crippen LogP contribution < -0.4 is 0 Å². The molecule has 0 bridgehead atoms. The molecule has 8 rings (SSSR count). The molecule has 2 aromatic heterocycles. The molecule has 0 amide bonds. The van der Waals surface area contributed by atoms with E-state index < -0.39 is 0 Å². The molecule has 4 nitrogen and oxygen atoms in total. The standard InChI is InChI=1S/C36H24N4S/c1-4-13-24(14-5-1)31-33(38-30-22-11-10-21-29(30)37-31)28-20-12-19-27-23-41-36-39-32(25-15-6-2-7-16-25)35(40(36)34(27)28)26-17-8-3-9-18-26/h1-22H,23H2. The number of aromatic nitrogens is 4. The molecule has 0 atom stereocenters. The summed E-state index contributed by atoms with van der Waals surface area (Å²) in [5.74, 6) is 0.838. The van der Waals surface area contributed by atoms with Gasteiger partial charge in [-0.2, -0.15) is 0 Å². The van der Waals surface area contributed by atoms with Gasteiger partial charge in [0, 0.05) is 28.0 Å². The zero-order chi connectivity index (χ0) is 27.2. The first-order valence-corrected chi connectivity index (χ1v) is 14.6. The number of nitrogens with zero attached hydrogens (tertiary/aromatic N) is 4. The van der Waals surface area contributed by atoms with Gasteiger partial charge in [-0.05, 0) is 17.7 Å². The second-order valence-electron chi connectivity index (χ2n) is 10.0. The molecule has 1 aliphatic rings. The van der Waals surface area contributed by atoms with E-state index in [0.717, 1.165) is 72.7 Å². The van der Waals surface area contributed by atoms with Crippen molar-refractivity contribution in [1.82, 2.24) is 19.5 Å². The third-order valence-electron chi connectivity index (χ3n) is 7.51. The molecule has 5 heteroatoms. The van der Waals surface area contributed by atoms with Gasteiger partial charge in [0.05, 0.1) is 39.5 Å². The monoisotopic (exact) mass is 544 g/mol. The van der Waals surface area contributed by atoms with Crippen molar-refractivity contribution in [2.24, 2.45) is 0 Å². The molecular weight excluding hydrogens is 520 g/mol. The van der Waals surface area contributed by atoms with Gasteiger partial charge in [0.15, 0.2) is 5.16 Å². The highest BCUT2D eigenvalue weighted by molar-refractivity contribution is 7.98. The van der Waals surface area contributed by atoms with Gasteiger partial charge in [-0.3, -0.25) is 4.57 Å². The summed E-state index contributed by atoms with van der Waals surface area (Å²) in [6.07, 6.45) is 0. The topological polar surface area (TPSA) is 43.6 Å². The lowest BCUT2D eigenvalue weighted by Gasteiger charge is -2.24. The largest absolute Gasteiger partial charge is 0.286 e. The molecule has 194 valence electrons. The normalized spacial score (nSPS) is 12.2. The summed E-state index contributed by atoms with van der Waals surface area (Å²) in [5.41, 5.74) is 12.3. The van der Waals surface area contributed by atoms with Crippen LogP contribution in [0.1, 0.15) is 5.56 Å². The fourth-order valence-electron chi connectivity index (χ4n) is 5.65. The molecule has 0 N–H and O–H groups in total. The summed E-state index contributed by atoms with van der Waals surface area (Å²) in [6.45, 7) is 0. The Morgan fingerprint density at radius 2 is 1.05 bits per heavy atom. The molecule has 3 heterocycles. The van der Waals surface area contributed by atoms with Crippen LogP contribution in [0, 0.1) is 0 Å². The minimum absolute atomic E-state index is 0.838. The number of rotatable bonds is 4. The molecule has 0 aliphatic carbocycles. The average molecular weight is 545 g/mol. The zero-order valence-electron chi connectivity index (χ0n) is 22.1. The maximum Gasteiger partial charge on any atom is 0.174 e. The van der Waals surface area contributed by atoms with Crippen molar-refractivity contribution in [2.75, 3.05) is 0 Å². The van der Waals surface area contributed by atoms with Crippen molar-refractivity contribution in [1.29, 1.82) is 0 Å². The maximum atomic E-state index is 5.27. The van der Waals surface area contributed by atoms with Crippen molar-refractivity contribution in [2.45, 2.75) is 10.9 Å². The number of hydrogen-bond donors (Lipinski definition) is 0. The minimum Gasteiger partial charge on any atom is -0.286 e. The number of para-hydroxylation sites is 3. The van der Waals surface area contributed by atoms with Crippen molar-refractivity contribution in [3.63, 3.8) is 0 Å². The van der Waals surface area contributed by atoms with Crippen LogP contribution in [-0.4, -0.2) is 19.5 Å². The van der Waals surface area contributed by atoms with Crippen LogP contribution in [0.15, 0.2) is 139 Å². The summed E-state index contributed by atoms with van der Waals surface area (Å²) in [4.78, 5) is 15.7. The second-order valence-corrected chi connectivity index (χ2v) is 11.0. The van der Waals surface area contributed by atoms with E-state index in [1.807, 2.05) is 36.4 Å². The van der Waals surface area contributed by atoms with Gasteiger partial charge in [0.1, 0.15) is 0 Å². The predicted octanol–water partition coefficient (Wildman–Crippen LogP) is 9.09. The second kappa shape index (κ2) is 9.88. The van der Waals surface area contributed by atoms with Crippen molar-refractivity contribution < 1.29 is 0 Å². The highest BCUT2D eigenvalue weighted by Gasteiger charge is 2.29. The summed E-state index contributed by atoms with van der Waals surface area (Å²) in [6, 6.07) is 46.1. The smallest absolute Gasteiger partial charge is 0.174 e. The van der Waals surface area contributed by atoms with E-state index >= 15 is 0 Å². The Bertz CT molecular complexity index is 2030. The van der Waals surface area contributed by atoms with Gasteiger partial charge in [0.25, 0.3) is 0 Å². The first-order chi connectivity index (χ1) is 20.3. The van der Waals surface area contributed by atoms with Gasteiger partial charge in [0.2, 0.25) is 0 Å². The number of fused-ring (bicyclic) bond motifs is 4. The van der Waals surface area contributed by atoms with Crippen LogP contribution >= 0.6 is 11.8 Å². The Morgan fingerprint density at radius 1 is 0.488 bits per heavy atom. The van der Waals surface area contributed by atoms with Crippen LogP contribution in [-0.2, 0) is 5.75 Å². The van der Waals surface area contributed by atoms with E-state index in [9.17, 15) is 0 Å². The zero-order valence-corrected chi connectivity index (χ0v) is 22.9. The van der Waals surface area contributed by atoms with Crippen molar-refractivity contribution >= 4 is 22.8 Å². The minimum atomic E-state index is 0.838. The van der Waals surface area contributed by atoms with Crippen molar-refractivity contribution in [3.8, 4) is 50.7 Å². The molecule has 0 unspecified atom stereocenters. The van der Waals surface area contributed by atoms with E-state index in [0.29, 0.717) is 0 Å². The van der Waals surface area contributed by atoms with Gasteiger partial charge in [-0.25, -0.2) is 15.0 Å². The van der Waals surface area contributed by atoms with E-state index in [1.54, 1.807) is 11.8 Å². The predicted molar refractivity (Wildman–Crippen MR) is 168 cm³/mol. The lowest BCUT2D eigenvalue weighted by atomic mass is 9.98. The Balaban J connectivity index is 1.46. The van der Waals surface area contributed by atoms with Gasteiger partial charge in [-0.1, -0.05) is 133 Å². The lowest BCUT2D eigenvalue weighted by Crippen LogP contribution is -2.10. The Hall–Kier alpha value is -5.00. The molecule has 0 spiro atoms. The van der Waals surface area contributed by atoms with E-state index in [1.165, 1.54) is 5.56 Å². The average Bonchev–Trinajstić information content (AvgIpc) is 3.45. The van der Waals surface area contributed by atoms with Crippen LogP contribution in [0.25, 0.3) is 61.8 Å². The fraction of sp³-hybridized carbons (Fsp3) is 0.0278. The van der Waals surface area contributed by atoms with Crippen LogP contribution in [0.5, 0.6) is 0 Å². The Morgan fingerprint density at radius 3 is 1.71 bits per heavy atom. The van der Waals surface area contributed by atoms with Gasteiger partial charge < -0.3 is 0 Å². The molecule has 0 radical (unpaired) electrons. The first-order valence-electron chi connectivity index (χ1n) is 13.7. The lowest BCUT2D eigenvalue weighted by molar-refractivity contribution is 0.878. The van der Waals surface area contributed by atoms with E-state index in [-0.39, 0.29) is 0 Å². The molecular formula is C36H24N4S. The van der Waals surface area contributed by atoms with E-state index in [4.69, 9.17) is 15.0 Å². The molecule has 5 aromatic carbocycles. The van der Waals surface area contributed by atoms with Crippen LogP contribution in [0.2, 0.25) is 0 Å². The molecule has 7 aromatic rings. The first kappa shape index (κ1) is 23.9. The summed E-state index contributed by atoms with van der Waals surface area (Å²) >= 11 is 1.78. The highest BCUT2D eigenvalue weighted by Crippen LogP contribution is 2.46. The quantitative estimate of drug-likeness (QED) is 0.222. The van der Waals surface area contributed by atoms with Gasteiger partial charge >= 0.3 is 0 Å². The number of hydrogen-bond acceptors (Lipinski definition) is 4. The maximum absolute atomic E-state index is 5.27. The Kier molecular flexibility index (Phi) is 5.75. The summed E-state index contributed by atoms with van der Waals surface area (Å²) in [7, 11) is 0. The third-order valence-corrected chi connectivity index (χ3v) is 8.50. The van der Waals surface area contributed by atoms with Crippen LogP contribution in [0.3, 0.4) is 0 Å². The summed E-state index contributed by atoms with van der Waals surface area (Å²) < 4.78 is 2.35.